The third kappa shape index (κ3) is 4.09. The first kappa shape index (κ1) is 17.0. The van der Waals surface area contributed by atoms with E-state index in [9.17, 15) is 5.11 Å². The summed E-state index contributed by atoms with van der Waals surface area (Å²) in [5.41, 5.74) is 2.96. The third-order valence-corrected chi connectivity index (χ3v) is 4.28. The van der Waals surface area contributed by atoms with Gasteiger partial charge in [0.2, 0.25) is 0 Å². The third-order valence-electron chi connectivity index (χ3n) is 3.80. The lowest BCUT2D eigenvalue weighted by molar-refractivity contribution is 0.116. The number of aliphatic hydroxyl groups is 1. The molecule has 0 saturated carbocycles. The maximum atomic E-state index is 9.83. The van der Waals surface area contributed by atoms with Gasteiger partial charge >= 0.3 is 0 Å². The second-order valence-corrected chi connectivity index (χ2v) is 6.24. The first-order valence-corrected chi connectivity index (χ1v) is 8.04. The molecule has 5 heteroatoms. The van der Waals surface area contributed by atoms with E-state index < -0.39 is 0 Å². The van der Waals surface area contributed by atoms with Crippen LogP contribution in [-0.2, 0) is 13.6 Å². The molecule has 0 fully saturated rings. The van der Waals surface area contributed by atoms with Gasteiger partial charge < -0.3 is 10.4 Å². The Bertz CT molecular complexity index is 595. The molecular formula is C17H24ClN3O. The van der Waals surface area contributed by atoms with Crippen LogP contribution < -0.4 is 5.32 Å². The summed E-state index contributed by atoms with van der Waals surface area (Å²) in [6.45, 7) is 5.44. The number of aromatic nitrogens is 2. The maximum Gasteiger partial charge on any atom is 0.131 e. The van der Waals surface area contributed by atoms with Crippen molar-refractivity contribution in [2.24, 2.45) is 13.0 Å². The van der Waals surface area contributed by atoms with Crippen molar-refractivity contribution in [2.45, 2.75) is 32.9 Å². The first-order valence-electron chi connectivity index (χ1n) is 7.66. The second kappa shape index (κ2) is 7.77. The summed E-state index contributed by atoms with van der Waals surface area (Å²) in [6, 6.07) is 10.0. The SMILES string of the molecule is CC(C)C(O)CCNCc1c(-c2ccccc2)nn(C)c1Cl. The zero-order valence-corrected chi connectivity index (χ0v) is 14.1. The summed E-state index contributed by atoms with van der Waals surface area (Å²) in [5, 5.41) is 18.4. The smallest absolute Gasteiger partial charge is 0.131 e. The Hall–Kier alpha value is -1.36. The van der Waals surface area contributed by atoms with Gasteiger partial charge in [-0.15, -0.1) is 0 Å². The molecule has 0 aliphatic rings. The molecule has 0 radical (unpaired) electrons. The lowest BCUT2D eigenvalue weighted by atomic mass is 10.0. The molecule has 0 saturated heterocycles. The molecule has 2 N–H and O–H groups in total. The van der Waals surface area contributed by atoms with E-state index in [2.05, 4.69) is 10.4 Å². The largest absolute Gasteiger partial charge is 0.393 e. The molecule has 2 aromatic rings. The average molecular weight is 322 g/mol. The minimum atomic E-state index is -0.273. The Morgan fingerprint density at radius 2 is 1.95 bits per heavy atom. The highest BCUT2D eigenvalue weighted by molar-refractivity contribution is 6.30. The van der Waals surface area contributed by atoms with Crippen molar-refractivity contribution < 1.29 is 5.11 Å². The summed E-state index contributed by atoms with van der Waals surface area (Å²) in [5.74, 6) is 0.281. The van der Waals surface area contributed by atoms with Crippen molar-refractivity contribution >= 4 is 11.6 Å². The molecule has 0 amide bonds. The van der Waals surface area contributed by atoms with E-state index >= 15 is 0 Å². The van der Waals surface area contributed by atoms with Gasteiger partial charge in [-0.1, -0.05) is 55.8 Å². The van der Waals surface area contributed by atoms with Crippen molar-refractivity contribution in [1.82, 2.24) is 15.1 Å². The van der Waals surface area contributed by atoms with Gasteiger partial charge in [-0.05, 0) is 18.9 Å². The highest BCUT2D eigenvalue weighted by Gasteiger charge is 2.16. The number of aliphatic hydroxyl groups excluding tert-OH is 1. The van der Waals surface area contributed by atoms with Crippen LogP contribution in [0.3, 0.4) is 0 Å². The standard InChI is InChI=1S/C17H24ClN3O/c1-12(2)15(22)9-10-19-11-14-16(20-21(3)17(14)18)13-7-5-4-6-8-13/h4-8,12,15,19,22H,9-11H2,1-3H3. The van der Waals surface area contributed by atoms with Crippen molar-refractivity contribution in [3.63, 3.8) is 0 Å². The van der Waals surface area contributed by atoms with Crippen LogP contribution >= 0.6 is 11.6 Å². The van der Waals surface area contributed by atoms with Crippen molar-refractivity contribution in [2.75, 3.05) is 6.54 Å². The van der Waals surface area contributed by atoms with E-state index in [-0.39, 0.29) is 12.0 Å². The van der Waals surface area contributed by atoms with Crippen LogP contribution in [0.25, 0.3) is 11.3 Å². The molecule has 0 aliphatic heterocycles. The zero-order valence-electron chi connectivity index (χ0n) is 13.4. The van der Waals surface area contributed by atoms with Gasteiger partial charge in [-0.2, -0.15) is 5.10 Å². The van der Waals surface area contributed by atoms with Gasteiger partial charge in [0, 0.05) is 24.7 Å². The van der Waals surface area contributed by atoms with Crippen LogP contribution in [0.4, 0.5) is 0 Å². The van der Waals surface area contributed by atoms with E-state index in [0.29, 0.717) is 11.7 Å². The summed E-state index contributed by atoms with van der Waals surface area (Å²) in [4.78, 5) is 0. The van der Waals surface area contributed by atoms with Gasteiger partial charge in [0.1, 0.15) is 5.15 Å². The fourth-order valence-electron chi connectivity index (χ4n) is 2.33. The Morgan fingerprint density at radius 1 is 1.27 bits per heavy atom. The van der Waals surface area contributed by atoms with Crippen LogP contribution in [0.5, 0.6) is 0 Å². The highest BCUT2D eigenvalue weighted by Crippen LogP contribution is 2.27. The number of nitrogens with zero attached hydrogens (tertiary/aromatic N) is 2. The summed E-state index contributed by atoms with van der Waals surface area (Å²) < 4.78 is 1.70. The molecule has 0 bridgehead atoms. The van der Waals surface area contributed by atoms with Crippen LogP contribution in [0.15, 0.2) is 30.3 Å². The fourth-order valence-corrected chi connectivity index (χ4v) is 2.52. The van der Waals surface area contributed by atoms with Crippen LogP contribution in [0.1, 0.15) is 25.8 Å². The molecule has 0 aliphatic carbocycles. The van der Waals surface area contributed by atoms with Gasteiger partial charge in [0.15, 0.2) is 0 Å². The van der Waals surface area contributed by atoms with E-state index in [4.69, 9.17) is 11.6 Å². The normalized spacial score (nSPS) is 12.8. The molecule has 1 aromatic heterocycles. The minimum absolute atomic E-state index is 0.273. The van der Waals surface area contributed by atoms with Crippen molar-refractivity contribution in [3.8, 4) is 11.3 Å². The Labute approximate surface area is 137 Å². The predicted molar refractivity (Wildman–Crippen MR) is 90.8 cm³/mol. The number of benzene rings is 1. The summed E-state index contributed by atoms with van der Waals surface area (Å²) in [7, 11) is 1.85. The Morgan fingerprint density at radius 3 is 2.59 bits per heavy atom. The molecule has 22 heavy (non-hydrogen) atoms. The predicted octanol–water partition coefficient (Wildman–Crippen LogP) is 3.24. The zero-order chi connectivity index (χ0) is 16.1. The van der Waals surface area contributed by atoms with Crippen LogP contribution in [-0.4, -0.2) is 27.5 Å². The van der Waals surface area contributed by atoms with E-state index in [1.165, 1.54) is 0 Å². The molecular weight excluding hydrogens is 298 g/mol. The first-order chi connectivity index (χ1) is 10.5. The lowest BCUT2D eigenvalue weighted by Crippen LogP contribution is -2.23. The Balaban J connectivity index is 2.05. The van der Waals surface area contributed by atoms with Gasteiger partial charge in [-0.25, -0.2) is 0 Å². The number of aryl methyl sites for hydroxylation is 1. The number of hydrogen-bond acceptors (Lipinski definition) is 3. The average Bonchev–Trinajstić information content (AvgIpc) is 2.80. The monoisotopic (exact) mass is 321 g/mol. The van der Waals surface area contributed by atoms with Gasteiger partial charge in [0.05, 0.1) is 11.8 Å². The minimum Gasteiger partial charge on any atom is -0.393 e. The molecule has 1 heterocycles. The van der Waals surface area contributed by atoms with Gasteiger partial charge in [0.25, 0.3) is 0 Å². The molecule has 120 valence electrons. The molecule has 1 unspecified atom stereocenters. The second-order valence-electron chi connectivity index (χ2n) is 5.88. The van der Waals surface area contributed by atoms with Crippen molar-refractivity contribution in [1.29, 1.82) is 0 Å². The maximum absolute atomic E-state index is 9.83. The number of rotatable bonds is 7. The molecule has 1 atom stereocenters. The number of halogens is 1. The van der Waals surface area contributed by atoms with Crippen LogP contribution in [0, 0.1) is 5.92 Å². The summed E-state index contributed by atoms with van der Waals surface area (Å²) >= 11 is 6.37. The van der Waals surface area contributed by atoms with E-state index in [0.717, 1.165) is 29.8 Å². The fraction of sp³-hybridized carbons (Fsp3) is 0.471. The number of hydrogen-bond donors (Lipinski definition) is 2. The molecule has 1 aromatic carbocycles. The van der Waals surface area contributed by atoms with Gasteiger partial charge in [-0.3, -0.25) is 4.68 Å². The molecule has 0 spiro atoms. The topological polar surface area (TPSA) is 50.1 Å². The Kier molecular flexibility index (Phi) is 6.00. The quantitative estimate of drug-likeness (QED) is 0.770. The van der Waals surface area contributed by atoms with E-state index in [1.807, 2.05) is 51.2 Å². The number of nitrogens with one attached hydrogen (secondary N) is 1. The van der Waals surface area contributed by atoms with E-state index in [1.54, 1.807) is 4.68 Å². The van der Waals surface area contributed by atoms with Crippen LogP contribution in [0.2, 0.25) is 5.15 Å². The lowest BCUT2D eigenvalue weighted by Gasteiger charge is -2.14. The molecule has 4 nitrogen and oxygen atoms in total. The molecule has 2 rings (SSSR count). The highest BCUT2D eigenvalue weighted by atomic mass is 35.5. The summed E-state index contributed by atoms with van der Waals surface area (Å²) in [6.07, 6.45) is 0.460. The van der Waals surface area contributed by atoms with Crippen molar-refractivity contribution in [3.05, 3.63) is 41.0 Å².